The molecule has 78 valence electrons. The van der Waals surface area contributed by atoms with E-state index in [1.165, 1.54) is 7.05 Å². The minimum Gasteiger partial charge on any atom is -0.477 e. The fourth-order valence-electron chi connectivity index (χ4n) is 0.850. The van der Waals surface area contributed by atoms with Crippen LogP contribution in [-0.2, 0) is 17.3 Å². The molecule has 0 saturated carbocycles. The average Bonchev–Trinajstić information content (AvgIpc) is 2.29. The number of carboxylic acid groups (broad SMARTS) is 1. The quantitative estimate of drug-likeness (QED) is 0.585. The van der Waals surface area contributed by atoms with Crippen molar-refractivity contribution in [3.63, 3.8) is 0 Å². The van der Waals surface area contributed by atoms with Crippen LogP contribution < -0.4 is 9.86 Å². The van der Waals surface area contributed by atoms with Gasteiger partial charge in [-0.2, -0.15) is 13.5 Å². The zero-order valence-electron chi connectivity index (χ0n) is 7.13. The van der Waals surface area contributed by atoms with E-state index in [4.69, 9.17) is 10.2 Å². The molecule has 1 rings (SSSR count). The molecule has 0 aromatic carbocycles. The van der Waals surface area contributed by atoms with Gasteiger partial charge in [-0.3, -0.25) is 9.40 Å². The number of hydrogen-bond acceptors (Lipinski definition) is 4. The number of aromatic carboxylic acids is 1. The molecular formula is C5H8N4O4S. The van der Waals surface area contributed by atoms with Crippen molar-refractivity contribution in [1.29, 1.82) is 0 Å². The molecule has 0 bridgehead atoms. The maximum Gasteiger partial charge on any atom is 0.341 e. The van der Waals surface area contributed by atoms with Gasteiger partial charge in [0.1, 0.15) is 5.56 Å². The molecule has 8 nitrogen and oxygen atoms in total. The normalized spacial score (nSPS) is 11.3. The van der Waals surface area contributed by atoms with Crippen LogP contribution in [0.2, 0.25) is 0 Å². The number of hydrogen-bond donors (Lipinski definition) is 3. The van der Waals surface area contributed by atoms with E-state index in [0.717, 1.165) is 10.9 Å². The van der Waals surface area contributed by atoms with Gasteiger partial charge in [0.15, 0.2) is 5.82 Å². The largest absolute Gasteiger partial charge is 0.477 e. The molecule has 9 heteroatoms. The lowest BCUT2D eigenvalue weighted by Gasteiger charge is -2.04. The molecule has 0 aliphatic rings. The SMILES string of the molecule is Cn1ncc(C(=O)O)c1NS(N)(=O)=O. The zero-order chi connectivity index (χ0) is 10.9. The Morgan fingerprint density at radius 1 is 1.71 bits per heavy atom. The van der Waals surface area contributed by atoms with Crippen molar-refractivity contribution in [2.75, 3.05) is 4.72 Å². The Labute approximate surface area is 79.5 Å². The maximum atomic E-state index is 10.7. The predicted octanol–water partition coefficient (Wildman–Crippen LogP) is -1.27. The van der Waals surface area contributed by atoms with Crippen molar-refractivity contribution in [2.45, 2.75) is 0 Å². The van der Waals surface area contributed by atoms with E-state index in [1.807, 2.05) is 4.72 Å². The summed E-state index contributed by atoms with van der Waals surface area (Å²) in [5.74, 6) is -1.47. The number of rotatable bonds is 3. The first-order chi connectivity index (χ1) is 6.31. The molecule has 0 aliphatic carbocycles. The summed E-state index contributed by atoms with van der Waals surface area (Å²) in [5.41, 5.74) is -0.262. The Hall–Kier alpha value is -1.61. The molecule has 4 N–H and O–H groups in total. The minimum atomic E-state index is -4.00. The van der Waals surface area contributed by atoms with E-state index in [-0.39, 0.29) is 11.4 Å². The summed E-state index contributed by atoms with van der Waals surface area (Å²) in [7, 11) is -2.61. The van der Waals surface area contributed by atoms with Gasteiger partial charge < -0.3 is 5.11 Å². The molecule has 0 atom stereocenters. The first kappa shape index (κ1) is 10.5. The summed E-state index contributed by atoms with van der Waals surface area (Å²) in [5, 5.41) is 16.9. The zero-order valence-corrected chi connectivity index (χ0v) is 7.95. The van der Waals surface area contributed by atoms with Crippen LogP contribution in [0.15, 0.2) is 6.20 Å². The standard InChI is InChI=1S/C5H8N4O4S/c1-9-4(8-14(6,12)13)3(2-7-9)5(10)11/h2,8H,1H3,(H,10,11)(H2,6,12,13). The molecule has 0 saturated heterocycles. The predicted molar refractivity (Wildman–Crippen MR) is 46.9 cm³/mol. The van der Waals surface area contributed by atoms with Crippen molar-refractivity contribution in [1.82, 2.24) is 9.78 Å². The topological polar surface area (TPSA) is 127 Å². The highest BCUT2D eigenvalue weighted by Crippen LogP contribution is 2.14. The van der Waals surface area contributed by atoms with E-state index < -0.39 is 16.2 Å². The monoisotopic (exact) mass is 220 g/mol. The van der Waals surface area contributed by atoms with Gasteiger partial charge in [0.05, 0.1) is 6.20 Å². The summed E-state index contributed by atoms with van der Waals surface area (Å²) in [4.78, 5) is 10.6. The van der Waals surface area contributed by atoms with Crippen LogP contribution in [0.1, 0.15) is 10.4 Å². The number of anilines is 1. The summed E-state index contributed by atoms with van der Waals surface area (Å²) in [6, 6.07) is 0. The first-order valence-corrected chi connectivity index (χ1v) is 4.91. The van der Waals surface area contributed by atoms with Gasteiger partial charge in [-0.15, -0.1) is 0 Å². The van der Waals surface area contributed by atoms with Crippen LogP contribution in [0, 0.1) is 0 Å². The Balaban J connectivity index is 3.19. The molecule has 0 unspecified atom stereocenters. The highest BCUT2D eigenvalue weighted by Gasteiger charge is 2.17. The third-order valence-electron chi connectivity index (χ3n) is 1.41. The van der Waals surface area contributed by atoms with Gasteiger partial charge in [0, 0.05) is 7.05 Å². The van der Waals surface area contributed by atoms with Crippen LogP contribution in [0.4, 0.5) is 5.82 Å². The number of carbonyl (C=O) groups is 1. The van der Waals surface area contributed by atoms with Crippen LogP contribution >= 0.6 is 0 Å². The number of nitrogens with zero attached hydrogens (tertiary/aromatic N) is 2. The van der Waals surface area contributed by atoms with Gasteiger partial charge in [0.2, 0.25) is 0 Å². The second-order valence-electron chi connectivity index (χ2n) is 2.48. The van der Waals surface area contributed by atoms with Crippen molar-refractivity contribution in [2.24, 2.45) is 12.2 Å². The van der Waals surface area contributed by atoms with Crippen molar-refractivity contribution >= 4 is 22.0 Å². The lowest BCUT2D eigenvalue weighted by Crippen LogP contribution is -2.24. The molecule has 0 aliphatic heterocycles. The molecule has 0 fully saturated rings. The number of nitrogens with one attached hydrogen (secondary N) is 1. The van der Waals surface area contributed by atoms with Crippen molar-refractivity contribution in [3.8, 4) is 0 Å². The first-order valence-electron chi connectivity index (χ1n) is 3.37. The highest BCUT2D eigenvalue weighted by molar-refractivity contribution is 7.90. The number of aryl methyl sites for hydroxylation is 1. The van der Waals surface area contributed by atoms with Crippen LogP contribution in [0.25, 0.3) is 0 Å². The highest BCUT2D eigenvalue weighted by atomic mass is 32.2. The fourth-order valence-corrected chi connectivity index (χ4v) is 1.36. The van der Waals surface area contributed by atoms with Gasteiger partial charge in [-0.1, -0.05) is 0 Å². The lowest BCUT2D eigenvalue weighted by molar-refractivity contribution is 0.0698. The molecule has 0 spiro atoms. The summed E-state index contributed by atoms with van der Waals surface area (Å²) < 4.78 is 24.2. The van der Waals surface area contributed by atoms with Crippen LogP contribution in [-0.4, -0.2) is 29.3 Å². The Bertz CT molecular complexity index is 462. The van der Waals surface area contributed by atoms with Crippen molar-refractivity contribution < 1.29 is 18.3 Å². The summed E-state index contributed by atoms with van der Waals surface area (Å²) >= 11 is 0. The molecular weight excluding hydrogens is 212 g/mol. The third kappa shape index (κ3) is 2.20. The molecule has 14 heavy (non-hydrogen) atoms. The summed E-state index contributed by atoms with van der Waals surface area (Å²) in [6.45, 7) is 0. The van der Waals surface area contributed by atoms with Gasteiger partial charge in [0.25, 0.3) is 10.2 Å². The average molecular weight is 220 g/mol. The second-order valence-corrected chi connectivity index (χ2v) is 3.78. The fraction of sp³-hybridized carbons (Fsp3) is 0.200. The Morgan fingerprint density at radius 3 is 2.71 bits per heavy atom. The van der Waals surface area contributed by atoms with E-state index in [2.05, 4.69) is 5.10 Å². The van der Waals surface area contributed by atoms with Gasteiger partial charge in [-0.05, 0) is 0 Å². The maximum absolute atomic E-state index is 10.7. The van der Waals surface area contributed by atoms with Gasteiger partial charge >= 0.3 is 5.97 Å². The van der Waals surface area contributed by atoms with E-state index >= 15 is 0 Å². The minimum absolute atomic E-state index is 0.181. The number of nitrogens with two attached hydrogens (primary N) is 1. The Morgan fingerprint density at radius 2 is 2.29 bits per heavy atom. The smallest absolute Gasteiger partial charge is 0.341 e. The number of aromatic nitrogens is 2. The Kier molecular flexibility index (Phi) is 2.45. The second kappa shape index (κ2) is 3.27. The van der Waals surface area contributed by atoms with E-state index in [9.17, 15) is 13.2 Å². The molecule has 0 amide bonds. The van der Waals surface area contributed by atoms with Gasteiger partial charge in [-0.25, -0.2) is 9.93 Å². The van der Waals surface area contributed by atoms with Crippen LogP contribution in [0.3, 0.4) is 0 Å². The lowest BCUT2D eigenvalue weighted by atomic mass is 10.3. The van der Waals surface area contributed by atoms with Crippen molar-refractivity contribution in [3.05, 3.63) is 11.8 Å². The number of carboxylic acids is 1. The molecule has 0 radical (unpaired) electrons. The third-order valence-corrected chi connectivity index (χ3v) is 1.89. The van der Waals surface area contributed by atoms with E-state index in [1.54, 1.807) is 0 Å². The molecule has 1 heterocycles. The molecule has 1 aromatic heterocycles. The summed E-state index contributed by atoms with van der Waals surface area (Å²) in [6.07, 6.45) is 1.02. The van der Waals surface area contributed by atoms with E-state index in [0.29, 0.717) is 0 Å². The van der Waals surface area contributed by atoms with Crippen LogP contribution in [0.5, 0.6) is 0 Å². The molecule has 1 aromatic rings.